The molecule has 0 fully saturated rings. The molecular weight excluding hydrogens is 237 g/mol. The first-order chi connectivity index (χ1) is 8.69. The van der Waals surface area contributed by atoms with Crippen LogP contribution in [0.5, 0.6) is 0 Å². The SMILES string of the molecule is C=CCCC(/C=C\N)C(C)(P=C)c1ccccc1. The second kappa shape index (κ2) is 7.18. The van der Waals surface area contributed by atoms with Gasteiger partial charge in [0.25, 0.3) is 0 Å². The Labute approximate surface area is 112 Å². The summed E-state index contributed by atoms with van der Waals surface area (Å²) in [5, 5.41) is 0.000139. The third kappa shape index (κ3) is 3.34. The van der Waals surface area contributed by atoms with Gasteiger partial charge in [-0.1, -0.05) is 48.8 Å². The molecule has 2 N–H and O–H groups in total. The summed E-state index contributed by atoms with van der Waals surface area (Å²) in [7, 11) is 1.11. The van der Waals surface area contributed by atoms with E-state index in [0.717, 1.165) is 21.0 Å². The Hall–Kier alpha value is -1.33. The zero-order chi connectivity index (χ0) is 13.4. The lowest BCUT2D eigenvalue weighted by Crippen LogP contribution is -2.25. The first-order valence-electron chi connectivity index (χ1n) is 6.21. The molecule has 0 amide bonds. The van der Waals surface area contributed by atoms with E-state index in [4.69, 9.17) is 5.73 Å². The first kappa shape index (κ1) is 14.7. The summed E-state index contributed by atoms with van der Waals surface area (Å²) in [6.07, 6.45) is 11.9. The second-order valence-electron chi connectivity index (χ2n) is 4.53. The smallest absolute Gasteiger partial charge is 0.0400 e. The molecule has 0 bridgehead atoms. The molecule has 1 nitrogen and oxygen atoms in total. The molecule has 0 saturated carbocycles. The van der Waals surface area contributed by atoms with Crippen LogP contribution in [0.1, 0.15) is 25.3 Å². The molecule has 0 aliphatic rings. The maximum absolute atomic E-state index is 5.60. The highest BCUT2D eigenvalue weighted by molar-refractivity contribution is 7.38. The number of hydrogen-bond donors (Lipinski definition) is 1. The van der Waals surface area contributed by atoms with Gasteiger partial charge in [-0.2, -0.15) is 0 Å². The number of hydrogen-bond acceptors (Lipinski definition) is 1. The number of allylic oxidation sites excluding steroid dienone is 2. The Morgan fingerprint density at radius 2 is 2.06 bits per heavy atom. The van der Waals surface area contributed by atoms with Gasteiger partial charge in [0, 0.05) is 5.16 Å². The molecular formula is C16H22NP. The third-order valence-corrected chi connectivity index (χ3v) is 4.68. The highest BCUT2D eigenvalue weighted by Crippen LogP contribution is 2.44. The predicted octanol–water partition coefficient (Wildman–Crippen LogP) is 4.33. The fourth-order valence-electron chi connectivity index (χ4n) is 2.19. The van der Waals surface area contributed by atoms with E-state index in [1.807, 2.05) is 12.1 Å². The summed E-state index contributed by atoms with van der Waals surface area (Å²) in [4.78, 5) is 0. The molecule has 2 heteroatoms. The minimum absolute atomic E-state index is 0.000139. The van der Waals surface area contributed by atoms with Crippen LogP contribution in [-0.2, 0) is 5.16 Å². The van der Waals surface area contributed by atoms with Gasteiger partial charge < -0.3 is 5.73 Å². The monoisotopic (exact) mass is 259 g/mol. The lowest BCUT2D eigenvalue weighted by molar-refractivity contribution is 0.463. The minimum atomic E-state index is 0.000139. The van der Waals surface area contributed by atoms with E-state index in [0.29, 0.717) is 5.92 Å². The molecule has 2 unspecified atom stereocenters. The normalized spacial score (nSPS) is 16.5. The number of benzene rings is 1. The summed E-state index contributed by atoms with van der Waals surface area (Å²) in [5.41, 5.74) is 6.91. The van der Waals surface area contributed by atoms with Crippen molar-refractivity contribution in [3.8, 4) is 0 Å². The van der Waals surface area contributed by atoms with Crippen LogP contribution in [-0.4, -0.2) is 6.30 Å². The van der Waals surface area contributed by atoms with Crippen molar-refractivity contribution in [2.75, 3.05) is 0 Å². The average molecular weight is 259 g/mol. The highest BCUT2D eigenvalue weighted by atomic mass is 31.1. The zero-order valence-electron chi connectivity index (χ0n) is 11.0. The van der Waals surface area contributed by atoms with Crippen molar-refractivity contribution in [1.29, 1.82) is 0 Å². The summed E-state index contributed by atoms with van der Waals surface area (Å²) >= 11 is 0. The van der Waals surface area contributed by atoms with Crippen LogP contribution < -0.4 is 5.73 Å². The van der Waals surface area contributed by atoms with Crippen molar-refractivity contribution in [1.82, 2.24) is 0 Å². The van der Waals surface area contributed by atoms with Gasteiger partial charge in [-0.3, -0.25) is 0 Å². The molecule has 0 radical (unpaired) electrons. The quantitative estimate of drug-likeness (QED) is 0.572. The molecule has 0 saturated heterocycles. The number of nitrogens with two attached hydrogens (primary N) is 1. The molecule has 1 aromatic carbocycles. The maximum Gasteiger partial charge on any atom is 0.0400 e. The lowest BCUT2D eigenvalue weighted by Gasteiger charge is -2.33. The Bertz CT molecular complexity index is 410. The van der Waals surface area contributed by atoms with Gasteiger partial charge in [0.05, 0.1) is 0 Å². The van der Waals surface area contributed by atoms with E-state index in [1.165, 1.54) is 5.56 Å². The fraction of sp³-hybridized carbons (Fsp3) is 0.312. The van der Waals surface area contributed by atoms with Gasteiger partial charge in [0.1, 0.15) is 0 Å². The Kier molecular flexibility index (Phi) is 5.88. The van der Waals surface area contributed by atoms with Gasteiger partial charge in [0.15, 0.2) is 0 Å². The van der Waals surface area contributed by atoms with Crippen molar-refractivity contribution >= 4 is 14.5 Å². The van der Waals surface area contributed by atoms with Crippen molar-refractivity contribution in [2.24, 2.45) is 11.7 Å². The number of rotatable bonds is 7. The fourth-order valence-corrected chi connectivity index (χ4v) is 2.98. The maximum atomic E-state index is 5.60. The summed E-state index contributed by atoms with van der Waals surface area (Å²) in [5.74, 6) is 0.377. The van der Waals surface area contributed by atoms with Crippen molar-refractivity contribution < 1.29 is 0 Å². The Balaban J connectivity index is 3.10. The third-order valence-electron chi connectivity index (χ3n) is 3.43. The van der Waals surface area contributed by atoms with Crippen LogP contribution in [0, 0.1) is 5.92 Å². The van der Waals surface area contributed by atoms with Crippen LogP contribution in [0.2, 0.25) is 0 Å². The van der Waals surface area contributed by atoms with Gasteiger partial charge in [-0.15, -0.1) is 14.8 Å². The second-order valence-corrected chi connectivity index (χ2v) is 5.77. The lowest BCUT2D eigenvalue weighted by atomic mass is 9.83. The van der Waals surface area contributed by atoms with E-state index in [-0.39, 0.29) is 5.16 Å². The van der Waals surface area contributed by atoms with E-state index in [9.17, 15) is 0 Å². The largest absolute Gasteiger partial charge is 0.405 e. The summed E-state index contributed by atoms with van der Waals surface area (Å²) < 4.78 is 0. The van der Waals surface area contributed by atoms with Crippen LogP contribution in [0.3, 0.4) is 0 Å². The molecule has 18 heavy (non-hydrogen) atoms. The molecule has 1 rings (SSSR count). The van der Waals surface area contributed by atoms with Gasteiger partial charge in [0.2, 0.25) is 0 Å². The standard InChI is InChI=1S/C16H22NP/c1-4-5-9-15(12-13-17)16(2,18-3)14-10-7-6-8-11-14/h4,6-8,10-13,15H,1,3,5,9,17H2,2H3/b13-12-. The van der Waals surface area contributed by atoms with E-state index < -0.39 is 0 Å². The minimum Gasteiger partial charge on any atom is -0.405 e. The van der Waals surface area contributed by atoms with Gasteiger partial charge >= 0.3 is 0 Å². The van der Waals surface area contributed by atoms with Crippen LogP contribution >= 0.6 is 8.20 Å². The van der Waals surface area contributed by atoms with Crippen LogP contribution in [0.4, 0.5) is 0 Å². The molecule has 0 aliphatic carbocycles. The van der Waals surface area contributed by atoms with E-state index >= 15 is 0 Å². The molecule has 2 atom stereocenters. The van der Waals surface area contributed by atoms with Crippen LogP contribution in [0.15, 0.2) is 55.3 Å². The van der Waals surface area contributed by atoms with Gasteiger partial charge in [-0.25, -0.2) is 0 Å². The zero-order valence-corrected chi connectivity index (χ0v) is 11.9. The Morgan fingerprint density at radius 1 is 1.39 bits per heavy atom. The average Bonchev–Trinajstić information content (AvgIpc) is 2.43. The van der Waals surface area contributed by atoms with Crippen molar-refractivity contribution in [3.63, 3.8) is 0 Å². The molecule has 0 aromatic heterocycles. The Morgan fingerprint density at radius 3 is 2.56 bits per heavy atom. The van der Waals surface area contributed by atoms with Crippen molar-refractivity contribution in [3.05, 3.63) is 60.8 Å². The molecule has 96 valence electrons. The van der Waals surface area contributed by atoms with Crippen molar-refractivity contribution in [2.45, 2.75) is 24.9 Å². The first-order valence-corrected chi connectivity index (χ1v) is 7.29. The molecule has 1 aromatic rings. The van der Waals surface area contributed by atoms with Crippen LogP contribution in [0.25, 0.3) is 0 Å². The highest BCUT2D eigenvalue weighted by Gasteiger charge is 2.31. The molecule has 0 spiro atoms. The topological polar surface area (TPSA) is 26.0 Å². The van der Waals surface area contributed by atoms with Gasteiger partial charge in [-0.05, 0) is 37.4 Å². The molecule has 0 aliphatic heterocycles. The van der Waals surface area contributed by atoms with E-state index in [1.54, 1.807) is 6.20 Å². The predicted molar refractivity (Wildman–Crippen MR) is 84.1 cm³/mol. The van der Waals surface area contributed by atoms with E-state index in [2.05, 4.69) is 50.1 Å². The summed E-state index contributed by atoms with van der Waals surface area (Å²) in [6, 6.07) is 10.5. The summed E-state index contributed by atoms with van der Waals surface area (Å²) in [6.45, 7) is 6.05. The molecule has 0 heterocycles.